The number of rotatable bonds is 4. The van der Waals surface area contributed by atoms with Crippen LogP contribution < -0.4 is 5.32 Å². The van der Waals surface area contributed by atoms with Crippen LogP contribution in [0.25, 0.3) is 0 Å². The maximum atomic E-state index is 11.8. The van der Waals surface area contributed by atoms with E-state index in [2.05, 4.69) is 10.3 Å². The molecule has 94 valence electrons. The Morgan fingerprint density at radius 3 is 3.06 bits per heavy atom. The first-order valence-corrected chi connectivity index (χ1v) is 6.91. The fourth-order valence-electron chi connectivity index (χ4n) is 1.56. The molecule has 0 aliphatic rings. The molecule has 1 N–H and O–H groups in total. The lowest BCUT2D eigenvalue weighted by Crippen LogP contribution is -2.13. The Bertz CT molecular complexity index is 540. The van der Waals surface area contributed by atoms with Gasteiger partial charge >= 0.3 is 0 Å². The van der Waals surface area contributed by atoms with E-state index >= 15 is 0 Å². The number of nitrogens with one attached hydrogen (secondary N) is 1. The minimum Gasteiger partial charge on any atom is -0.326 e. The summed E-state index contributed by atoms with van der Waals surface area (Å²) in [5.74, 6) is -0.0200. The highest BCUT2D eigenvalue weighted by atomic mass is 35.5. The molecule has 1 amide bonds. The topological polar surface area (TPSA) is 42.0 Å². The lowest BCUT2D eigenvalue weighted by Gasteiger charge is -2.08. The van der Waals surface area contributed by atoms with Crippen LogP contribution in [0, 0.1) is 6.92 Å². The van der Waals surface area contributed by atoms with Gasteiger partial charge in [-0.3, -0.25) is 4.79 Å². The van der Waals surface area contributed by atoms with Crippen molar-refractivity contribution in [1.82, 2.24) is 4.98 Å². The molecule has 3 nitrogen and oxygen atoms in total. The molecule has 1 aromatic heterocycles. The van der Waals surface area contributed by atoms with Crippen molar-refractivity contribution in [3.05, 3.63) is 45.4 Å². The zero-order chi connectivity index (χ0) is 13.0. The molecule has 0 radical (unpaired) electrons. The van der Waals surface area contributed by atoms with E-state index in [4.69, 9.17) is 11.6 Å². The minimum absolute atomic E-state index is 0.0200. The Labute approximate surface area is 115 Å². The minimum atomic E-state index is -0.0200. The SMILES string of the molecule is Cc1c(Cl)cccc1NC(=O)CCc1cscn1. The third-order valence-electron chi connectivity index (χ3n) is 2.63. The normalized spacial score (nSPS) is 10.3. The number of halogens is 1. The number of thiazole rings is 1. The first kappa shape index (κ1) is 13.1. The lowest BCUT2D eigenvalue weighted by molar-refractivity contribution is -0.116. The molecule has 0 fully saturated rings. The van der Waals surface area contributed by atoms with E-state index in [1.54, 1.807) is 5.51 Å². The van der Waals surface area contributed by atoms with Gasteiger partial charge in [-0.05, 0) is 31.0 Å². The molecule has 0 bridgehead atoms. The summed E-state index contributed by atoms with van der Waals surface area (Å²) < 4.78 is 0. The highest BCUT2D eigenvalue weighted by molar-refractivity contribution is 7.07. The van der Waals surface area contributed by atoms with Crippen molar-refractivity contribution in [3.63, 3.8) is 0 Å². The molecule has 2 rings (SSSR count). The summed E-state index contributed by atoms with van der Waals surface area (Å²) in [6, 6.07) is 5.48. The standard InChI is InChI=1S/C13H13ClN2OS/c1-9-11(14)3-2-4-12(9)16-13(17)6-5-10-7-18-8-15-10/h2-4,7-8H,5-6H2,1H3,(H,16,17). The smallest absolute Gasteiger partial charge is 0.224 e. The summed E-state index contributed by atoms with van der Waals surface area (Å²) >= 11 is 7.54. The molecular formula is C13H13ClN2OS. The number of carbonyl (C=O) groups excluding carboxylic acids is 1. The fraction of sp³-hybridized carbons (Fsp3) is 0.231. The molecule has 0 aliphatic heterocycles. The third-order valence-corrected chi connectivity index (χ3v) is 3.68. The summed E-state index contributed by atoms with van der Waals surface area (Å²) in [5, 5.41) is 5.48. The van der Waals surface area contributed by atoms with Gasteiger partial charge < -0.3 is 5.32 Å². The zero-order valence-corrected chi connectivity index (χ0v) is 11.5. The second-order valence-electron chi connectivity index (χ2n) is 3.94. The van der Waals surface area contributed by atoms with Crippen molar-refractivity contribution >= 4 is 34.5 Å². The second-order valence-corrected chi connectivity index (χ2v) is 5.07. The van der Waals surface area contributed by atoms with Crippen LogP contribution >= 0.6 is 22.9 Å². The summed E-state index contributed by atoms with van der Waals surface area (Å²) in [7, 11) is 0. The van der Waals surface area contributed by atoms with Crippen LogP contribution in [0.5, 0.6) is 0 Å². The lowest BCUT2D eigenvalue weighted by atomic mass is 10.2. The Morgan fingerprint density at radius 1 is 1.50 bits per heavy atom. The van der Waals surface area contributed by atoms with E-state index in [1.165, 1.54) is 11.3 Å². The molecule has 18 heavy (non-hydrogen) atoms. The number of anilines is 1. The van der Waals surface area contributed by atoms with Crippen molar-refractivity contribution in [2.45, 2.75) is 19.8 Å². The summed E-state index contributed by atoms with van der Waals surface area (Å²) in [4.78, 5) is 15.9. The number of amides is 1. The summed E-state index contributed by atoms with van der Waals surface area (Å²) in [6.45, 7) is 1.89. The molecule has 0 spiro atoms. The van der Waals surface area contributed by atoms with E-state index in [0.717, 1.165) is 16.9 Å². The average molecular weight is 281 g/mol. The van der Waals surface area contributed by atoms with Crippen LogP contribution in [-0.2, 0) is 11.2 Å². The van der Waals surface area contributed by atoms with Crippen molar-refractivity contribution in [3.8, 4) is 0 Å². The number of benzene rings is 1. The Kier molecular flexibility index (Phi) is 4.33. The van der Waals surface area contributed by atoms with Gasteiger partial charge in [0.2, 0.25) is 5.91 Å². The van der Waals surface area contributed by atoms with E-state index in [1.807, 2.05) is 30.5 Å². The quantitative estimate of drug-likeness (QED) is 0.928. The largest absolute Gasteiger partial charge is 0.326 e. The van der Waals surface area contributed by atoms with Gasteiger partial charge in [-0.1, -0.05) is 17.7 Å². The van der Waals surface area contributed by atoms with Crippen LogP contribution in [0.1, 0.15) is 17.7 Å². The molecule has 0 atom stereocenters. The van der Waals surface area contributed by atoms with Gasteiger partial charge in [0.1, 0.15) is 0 Å². The summed E-state index contributed by atoms with van der Waals surface area (Å²) in [5.41, 5.74) is 4.39. The van der Waals surface area contributed by atoms with Crippen molar-refractivity contribution in [2.24, 2.45) is 0 Å². The third kappa shape index (κ3) is 3.31. The van der Waals surface area contributed by atoms with Gasteiger partial charge in [0.15, 0.2) is 0 Å². The number of carbonyl (C=O) groups is 1. The Morgan fingerprint density at radius 2 is 2.33 bits per heavy atom. The number of aromatic nitrogens is 1. The van der Waals surface area contributed by atoms with Crippen LogP contribution in [0.15, 0.2) is 29.1 Å². The monoisotopic (exact) mass is 280 g/mol. The van der Waals surface area contributed by atoms with Gasteiger partial charge in [0, 0.05) is 22.5 Å². The molecule has 2 aromatic rings. The molecule has 0 saturated carbocycles. The predicted octanol–water partition coefficient (Wildman–Crippen LogP) is 3.68. The van der Waals surface area contributed by atoms with E-state index < -0.39 is 0 Å². The molecule has 0 unspecified atom stereocenters. The predicted molar refractivity (Wildman–Crippen MR) is 75.3 cm³/mol. The highest BCUT2D eigenvalue weighted by Crippen LogP contribution is 2.23. The van der Waals surface area contributed by atoms with E-state index in [0.29, 0.717) is 17.9 Å². The van der Waals surface area contributed by atoms with Gasteiger partial charge in [0.25, 0.3) is 0 Å². The van der Waals surface area contributed by atoms with Crippen LogP contribution in [0.2, 0.25) is 5.02 Å². The zero-order valence-electron chi connectivity index (χ0n) is 9.94. The van der Waals surface area contributed by atoms with Gasteiger partial charge in [0.05, 0.1) is 11.2 Å². The number of hydrogen-bond donors (Lipinski definition) is 1. The van der Waals surface area contributed by atoms with Gasteiger partial charge in [-0.2, -0.15) is 0 Å². The van der Waals surface area contributed by atoms with Gasteiger partial charge in [-0.25, -0.2) is 4.98 Å². The average Bonchev–Trinajstić information content (AvgIpc) is 2.86. The Hall–Kier alpha value is -1.39. The number of nitrogens with zero attached hydrogens (tertiary/aromatic N) is 1. The van der Waals surface area contributed by atoms with Crippen LogP contribution in [0.4, 0.5) is 5.69 Å². The molecule has 0 aliphatic carbocycles. The molecule has 5 heteroatoms. The number of aryl methyl sites for hydroxylation is 1. The first-order chi connectivity index (χ1) is 8.66. The number of hydrogen-bond acceptors (Lipinski definition) is 3. The van der Waals surface area contributed by atoms with Crippen molar-refractivity contribution in [1.29, 1.82) is 0 Å². The van der Waals surface area contributed by atoms with E-state index in [-0.39, 0.29) is 5.91 Å². The fourth-order valence-corrected chi connectivity index (χ4v) is 2.33. The molecule has 0 saturated heterocycles. The summed E-state index contributed by atoms with van der Waals surface area (Å²) in [6.07, 6.45) is 1.09. The molecule has 1 aromatic carbocycles. The van der Waals surface area contributed by atoms with Crippen LogP contribution in [0.3, 0.4) is 0 Å². The molecule has 1 heterocycles. The van der Waals surface area contributed by atoms with Crippen LogP contribution in [-0.4, -0.2) is 10.9 Å². The van der Waals surface area contributed by atoms with E-state index in [9.17, 15) is 4.79 Å². The maximum absolute atomic E-state index is 11.8. The Balaban J connectivity index is 1.93. The van der Waals surface area contributed by atoms with Crippen molar-refractivity contribution in [2.75, 3.05) is 5.32 Å². The van der Waals surface area contributed by atoms with Gasteiger partial charge in [-0.15, -0.1) is 11.3 Å². The van der Waals surface area contributed by atoms with Crippen molar-refractivity contribution < 1.29 is 4.79 Å². The second kappa shape index (κ2) is 5.98. The first-order valence-electron chi connectivity index (χ1n) is 5.59. The maximum Gasteiger partial charge on any atom is 0.224 e. The molecular weight excluding hydrogens is 268 g/mol. The highest BCUT2D eigenvalue weighted by Gasteiger charge is 2.07.